The van der Waals surface area contributed by atoms with Crippen LogP contribution in [-0.4, -0.2) is 28.9 Å². The Morgan fingerprint density at radius 3 is 2.67 bits per heavy atom. The number of aromatic nitrogens is 1. The van der Waals surface area contributed by atoms with Gasteiger partial charge in [-0.2, -0.15) is 0 Å². The van der Waals surface area contributed by atoms with E-state index in [-0.39, 0.29) is 11.1 Å². The lowest BCUT2D eigenvalue weighted by molar-refractivity contribution is 0.0623. The van der Waals surface area contributed by atoms with Crippen LogP contribution in [0.2, 0.25) is 5.15 Å². The number of amides is 1. The fourth-order valence-corrected chi connectivity index (χ4v) is 3.09. The third kappa shape index (κ3) is 3.04. The van der Waals surface area contributed by atoms with Crippen LogP contribution in [0.1, 0.15) is 30.6 Å². The molecule has 2 heterocycles. The van der Waals surface area contributed by atoms with Crippen LogP contribution in [0.15, 0.2) is 16.7 Å². The quantitative estimate of drug-likeness (QED) is 0.736. The summed E-state index contributed by atoms with van der Waals surface area (Å²) >= 11 is 9.32. The Labute approximate surface area is 121 Å². The number of piperidine rings is 1. The lowest BCUT2D eigenvalue weighted by Crippen LogP contribution is -2.42. The highest BCUT2D eigenvalue weighted by atomic mass is 79.9. The largest absolute Gasteiger partial charge is 0.338 e. The molecule has 0 N–H and O–H groups in total. The Hall–Kier alpha value is -0.610. The van der Waals surface area contributed by atoms with E-state index in [0.717, 1.165) is 17.6 Å². The number of carbonyl (C=O) groups excluding carboxylic acids is 1. The third-order valence-electron chi connectivity index (χ3n) is 3.19. The normalized spacial score (nSPS) is 24.1. The summed E-state index contributed by atoms with van der Waals surface area (Å²) in [6, 6.07) is 1.74. The van der Waals surface area contributed by atoms with Crippen molar-refractivity contribution in [3.8, 4) is 0 Å². The van der Waals surface area contributed by atoms with Gasteiger partial charge in [0.25, 0.3) is 5.91 Å². The van der Waals surface area contributed by atoms with Gasteiger partial charge < -0.3 is 4.90 Å². The van der Waals surface area contributed by atoms with Gasteiger partial charge in [0.2, 0.25) is 0 Å². The van der Waals surface area contributed by atoms with Crippen molar-refractivity contribution in [2.24, 2.45) is 11.8 Å². The molecule has 1 aromatic rings. The molecule has 0 aliphatic carbocycles. The van der Waals surface area contributed by atoms with Crippen LogP contribution in [0.4, 0.5) is 0 Å². The molecule has 0 bridgehead atoms. The van der Waals surface area contributed by atoms with E-state index in [1.807, 2.05) is 4.90 Å². The van der Waals surface area contributed by atoms with Gasteiger partial charge in [0.15, 0.2) is 0 Å². The number of hydrogen-bond acceptors (Lipinski definition) is 2. The molecule has 1 aromatic heterocycles. The second-order valence-corrected chi connectivity index (χ2v) is 6.42. The SMILES string of the molecule is CC1CC(C)CN(C(=O)c2cc(Br)cnc2Cl)C1. The first kappa shape index (κ1) is 13.8. The minimum absolute atomic E-state index is 0.0211. The van der Waals surface area contributed by atoms with Gasteiger partial charge in [0.1, 0.15) is 5.15 Å². The van der Waals surface area contributed by atoms with Crippen molar-refractivity contribution >= 4 is 33.4 Å². The number of carbonyl (C=O) groups is 1. The molecule has 2 atom stereocenters. The lowest BCUT2D eigenvalue weighted by Gasteiger charge is -2.35. The average Bonchev–Trinajstić information content (AvgIpc) is 2.30. The van der Waals surface area contributed by atoms with E-state index in [1.165, 1.54) is 6.42 Å². The summed E-state index contributed by atoms with van der Waals surface area (Å²) in [6.07, 6.45) is 2.77. The number of likely N-dealkylation sites (tertiary alicyclic amines) is 1. The highest BCUT2D eigenvalue weighted by Crippen LogP contribution is 2.25. The van der Waals surface area contributed by atoms with Crippen LogP contribution in [-0.2, 0) is 0 Å². The van der Waals surface area contributed by atoms with Gasteiger partial charge in [-0.15, -0.1) is 0 Å². The van der Waals surface area contributed by atoms with E-state index in [9.17, 15) is 4.79 Å². The second kappa shape index (κ2) is 5.57. The van der Waals surface area contributed by atoms with E-state index >= 15 is 0 Å². The van der Waals surface area contributed by atoms with Crippen molar-refractivity contribution in [1.29, 1.82) is 0 Å². The number of rotatable bonds is 1. The van der Waals surface area contributed by atoms with Crippen molar-refractivity contribution < 1.29 is 4.79 Å². The number of nitrogens with zero attached hydrogens (tertiary/aromatic N) is 2. The molecule has 2 rings (SSSR count). The number of halogens is 2. The molecule has 5 heteroatoms. The van der Waals surface area contributed by atoms with Crippen LogP contribution in [0, 0.1) is 11.8 Å². The van der Waals surface area contributed by atoms with E-state index < -0.39 is 0 Å². The molecule has 1 aliphatic rings. The summed E-state index contributed by atoms with van der Waals surface area (Å²) in [5.74, 6) is 1.06. The highest BCUT2D eigenvalue weighted by molar-refractivity contribution is 9.10. The zero-order chi connectivity index (χ0) is 13.3. The lowest BCUT2D eigenvalue weighted by atomic mass is 9.91. The van der Waals surface area contributed by atoms with Crippen LogP contribution in [0.25, 0.3) is 0 Å². The molecule has 1 amide bonds. The van der Waals surface area contributed by atoms with E-state index in [4.69, 9.17) is 11.6 Å². The highest BCUT2D eigenvalue weighted by Gasteiger charge is 2.27. The smallest absolute Gasteiger partial charge is 0.257 e. The van der Waals surface area contributed by atoms with Crippen molar-refractivity contribution in [2.45, 2.75) is 20.3 Å². The van der Waals surface area contributed by atoms with E-state index in [2.05, 4.69) is 34.8 Å². The predicted molar refractivity (Wildman–Crippen MR) is 75.8 cm³/mol. The maximum atomic E-state index is 12.4. The zero-order valence-corrected chi connectivity index (χ0v) is 12.8. The molecule has 0 aromatic carbocycles. The van der Waals surface area contributed by atoms with Crippen LogP contribution >= 0.6 is 27.5 Å². The fourth-order valence-electron chi connectivity index (χ4n) is 2.57. The molecule has 0 saturated carbocycles. The van der Waals surface area contributed by atoms with Gasteiger partial charge in [-0.1, -0.05) is 25.4 Å². The van der Waals surface area contributed by atoms with Crippen LogP contribution < -0.4 is 0 Å². The van der Waals surface area contributed by atoms with Crippen molar-refractivity contribution in [3.63, 3.8) is 0 Å². The van der Waals surface area contributed by atoms with Gasteiger partial charge in [0, 0.05) is 23.8 Å². The molecular weight excluding hydrogens is 316 g/mol. The van der Waals surface area contributed by atoms with Crippen LogP contribution in [0.3, 0.4) is 0 Å². The molecule has 1 aliphatic heterocycles. The molecular formula is C13H16BrClN2O. The summed E-state index contributed by atoms with van der Waals surface area (Å²) in [5, 5.41) is 0.272. The van der Waals surface area contributed by atoms with Gasteiger partial charge in [-0.25, -0.2) is 4.98 Å². The monoisotopic (exact) mass is 330 g/mol. The van der Waals surface area contributed by atoms with Crippen molar-refractivity contribution in [2.75, 3.05) is 13.1 Å². The predicted octanol–water partition coefficient (Wildman–Crippen LogP) is 3.62. The van der Waals surface area contributed by atoms with Crippen LogP contribution in [0.5, 0.6) is 0 Å². The average molecular weight is 332 g/mol. The first-order chi connectivity index (χ1) is 8.47. The number of pyridine rings is 1. The Morgan fingerprint density at radius 2 is 2.06 bits per heavy atom. The number of hydrogen-bond donors (Lipinski definition) is 0. The maximum absolute atomic E-state index is 12.4. The van der Waals surface area contributed by atoms with Gasteiger partial charge in [-0.05, 0) is 40.3 Å². The Bertz CT molecular complexity index is 456. The minimum atomic E-state index is -0.0211. The van der Waals surface area contributed by atoms with Crippen molar-refractivity contribution in [3.05, 3.63) is 27.5 Å². The van der Waals surface area contributed by atoms with E-state index in [0.29, 0.717) is 17.4 Å². The summed E-state index contributed by atoms with van der Waals surface area (Å²) in [6.45, 7) is 5.95. The van der Waals surface area contributed by atoms with Gasteiger partial charge >= 0.3 is 0 Å². The van der Waals surface area contributed by atoms with E-state index in [1.54, 1.807) is 12.3 Å². The topological polar surface area (TPSA) is 33.2 Å². The molecule has 0 spiro atoms. The zero-order valence-electron chi connectivity index (χ0n) is 10.5. The Morgan fingerprint density at radius 1 is 1.44 bits per heavy atom. The summed E-state index contributed by atoms with van der Waals surface area (Å²) in [4.78, 5) is 18.3. The maximum Gasteiger partial charge on any atom is 0.257 e. The Kier molecular flexibility index (Phi) is 4.28. The van der Waals surface area contributed by atoms with Crippen molar-refractivity contribution in [1.82, 2.24) is 9.88 Å². The Balaban J connectivity index is 2.22. The molecule has 1 fully saturated rings. The first-order valence-electron chi connectivity index (χ1n) is 6.07. The minimum Gasteiger partial charge on any atom is -0.338 e. The molecule has 3 nitrogen and oxygen atoms in total. The second-order valence-electron chi connectivity index (χ2n) is 5.15. The molecule has 0 radical (unpaired) electrons. The summed E-state index contributed by atoms with van der Waals surface area (Å²) in [7, 11) is 0. The molecule has 2 unspecified atom stereocenters. The van der Waals surface area contributed by atoms with Gasteiger partial charge in [-0.3, -0.25) is 4.79 Å². The third-order valence-corrected chi connectivity index (χ3v) is 3.93. The van der Waals surface area contributed by atoms with Gasteiger partial charge in [0.05, 0.1) is 5.56 Å². The standard InChI is InChI=1S/C13H16BrClN2O/c1-8-3-9(2)7-17(6-8)13(18)11-4-10(14)5-16-12(11)15/h4-5,8-9H,3,6-7H2,1-2H3. The molecule has 18 heavy (non-hydrogen) atoms. The fraction of sp³-hybridized carbons (Fsp3) is 0.538. The first-order valence-corrected chi connectivity index (χ1v) is 7.24. The molecule has 1 saturated heterocycles. The molecule has 98 valence electrons. The summed E-state index contributed by atoms with van der Waals surface area (Å²) in [5.41, 5.74) is 0.479. The summed E-state index contributed by atoms with van der Waals surface area (Å²) < 4.78 is 0.772.